The van der Waals surface area contributed by atoms with Gasteiger partial charge in [-0.05, 0) is 29.8 Å². The molecule has 0 aliphatic rings. The highest BCUT2D eigenvalue weighted by molar-refractivity contribution is 7.88. The molecule has 3 nitrogen and oxygen atoms in total. The van der Waals surface area contributed by atoms with Crippen LogP contribution in [0.4, 0.5) is 52.7 Å². The summed E-state index contributed by atoms with van der Waals surface area (Å²) in [5, 5.41) is 0. The molecule has 0 fully saturated rings. The molecule has 32 heavy (non-hydrogen) atoms. The lowest BCUT2D eigenvalue weighted by atomic mass is 9.91. The maximum Gasteiger partial charge on any atom is 0.534 e. The van der Waals surface area contributed by atoms with Crippen LogP contribution in [-0.4, -0.2) is 13.9 Å². The summed E-state index contributed by atoms with van der Waals surface area (Å²) in [6, 6.07) is 0.373. The number of halogens is 12. The number of hydrogen-bond acceptors (Lipinski definition) is 3. The van der Waals surface area contributed by atoms with E-state index in [1.54, 1.807) is 0 Å². The Morgan fingerprint density at radius 2 is 1.12 bits per heavy atom. The lowest BCUT2D eigenvalue weighted by molar-refractivity contribution is -0.147. The Hall–Kier alpha value is -2.65. The van der Waals surface area contributed by atoms with Crippen molar-refractivity contribution < 1.29 is 65.3 Å². The molecule has 16 heteroatoms. The van der Waals surface area contributed by atoms with Crippen molar-refractivity contribution in [3.63, 3.8) is 0 Å². The van der Waals surface area contributed by atoms with E-state index in [2.05, 4.69) is 4.18 Å². The largest absolute Gasteiger partial charge is 0.534 e. The summed E-state index contributed by atoms with van der Waals surface area (Å²) in [5.41, 5.74) is -16.1. The van der Waals surface area contributed by atoms with Gasteiger partial charge in [0, 0.05) is 5.56 Å². The maximum atomic E-state index is 13.4. The smallest absolute Gasteiger partial charge is 0.376 e. The van der Waals surface area contributed by atoms with Gasteiger partial charge in [0.2, 0.25) is 0 Å². The Labute approximate surface area is 170 Å². The van der Waals surface area contributed by atoms with Crippen molar-refractivity contribution in [2.45, 2.75) is 24.0 Å². The predicted octanol–water partition coefficient (Wildman–Crippen LogP) is 6.64. The van der Waals surface area contributed by atoms with Crippen molar-refractivity contribution in [1.29, 1.82) is 0 Å². The summed E-state index contributed by atoms with van der Waals surface area (Å²) in [5.74, 6) is -1.33. The van der Waals surface area contributed by atoms with Crippen LogP contribution in [0.2, 0.25) is 0 Å². The van der Waals surface area contributed by atoms with Crippen LogP contribution < -0.4 is 4.18 Å². The Morgan fingerprint density at radius 3 is 1.50 bits per heavy atom. The first-order chi connectivity index (χ1) is 14.1. The Balaban J connectivity index is 2.86. The van der Waals surface area contributed by atoms with E-state index in [0.29, 0.717) is 18.2 Å². The fraction of sp³-hybridized carbons (Fsp3) is 0.250. The van der Waals surface area contributed by atoms with Gasteiger partial charge >= 0.3 is 34.2 Å². The summed E-state index contributed by atoms with van der Waals surface area (Å²) < 4.78 is 182. The van der Waals surface area contributed by atoms with Crippen LogP contribution in [0.5, 0.6) is 5.75 Å². The minimum Gasteiger partial charge on any atom is -0.376 e. The quantitative estimate of drug-likeness (QED) is 0.267. The molecule has 0 saturated heterocycles. The van der Waals surface area contributed by atoms with E-state index in [-0.39, 0.29) is 6.07 Å². The third-order valence-corrected chi connectivity index (χ3v) is 4.67. The molecule has 0 amide bonds. The van der Waals surface area contributed by atoms with Crippen LogP contribution >= 0.6 is 0 Å². The Bertz CT molecular complexity index is 1070. The Kier molecular flexibility index (Phi) is 6.19. The summed E-state index contributed by atoms with van der Waals surface area (Å²) in [4.78, 5) is 0. The standard InChI is InChI=1S/C16H6F12O3S/c17-13(18,19)8-5-10(14(20,21)22)12(11(6-8)15(23,24)25)7-2-1-3-9(4-7)31-32(29,30)16(26,27)28/h1-6H. The molecule has 0 saturated carbocycles. The number of hydrogen-bond donors (Lipinski definition) is 0. The van der Waals surface area contributed by atoms with E-state index in [4.69, 9.17) is 0 Å². The normalized spacial score (nSPS) is 13.9. The minimum absolute atomic E-state index is 0.0797. The third-order valence-electron chi connectivity index (χ3n) is 3.69. The molecular formula is C16H6F12O3S. The molecule has 2 rings (SSSR count). The third kappa shape index (κ3) is 5.39. The molecule has 0 spiro atoms. The van der Waals surface area contributed by atoms with Gasteiger partial charge in [0.1, 0.15) is 5.75 Å². The van der Waals surface area contributed by atoms with Crippen molar-refractivity contribution in [1.82, 2.24) is 0 Å². The van der Waals surface area contributed by atoms with Gasteiger partial charge in [-0.15, -0.1) is 0 Å². The van der Waals surface area contributed by atoms with Gasteiger partial charge in [0.05, 0.1) is 16.7 Å². The van der Waals surface area contributed by atoms with Crippen LogP contribution in [-0.2, 0) is 28.6 Å². The lowest BCUT2D eigenvalue weighted by Crippen LogP contribution is -2.28. The van der Waals surface area contributed by atoms with Crippen LogP contribution in [0.1, 0.15) is 16.7 Å². The van der Waals surface area contributed by atoms with Crippen molar-refractivity contribution in [2.75, 3.05) is 0 Å². The van der Waals surface area contributed by atoms with Gasteiger partial charge in [0.25, 0.3) is 0 Å². The zero-order valence-electron chi connectivity index (χ0n) is 14.6. The van der Waals surface area contributed by atoms with Crippen LogP contribution in [0, 0.1) is 0 Å². The zero-order valence-corrected chi connectivity index (χ0v) is 15.4. The monoisotopic (exact) mass is 506 g/mol. The molecule has 0 aromatic heterocycles. The second-order valence-electron chi connectivity index (χ2n) is 5.95. The molecule has 0 aliphatic heterocycles. The topological polar surface area (TPSA) is 43.4 Å². The van der Waals surface area contributed by atoms with Gasteiger partial charge in [-0.3, -0.25) is 0 Å². The summed E-state index contributed by atoms with van der Waals surface area (Å²) in [7, 11) is -6.35. The maximum absolute atomic E-state index is 13.4. The molecular weight excluding hydrogens is 500 g/mol. The fourth-order valence-electron chi connectivity index (χ4n) is 2.44. The van der Waals surface area contributed by atoms with Gasteiger partial charge in [-0.2, -0.15) is 61.1 Å². The Morgan fingerprint density at radius 1 is 0.656 bits per heavy atom. The molecule has 0 N–H and O–H groups in total. The van der Waals surface area contributed by atoms with Crippen LogP contribution in [0.25, 0.3) is 11.1 Å². The summed E-state index contributed by atoms with van der Waals surface area (Å²) >= 11 is 0. The van der Waals surface area contributed by atoms with Crippen molar-refractivity contribution in [2.24, 2.45) is 0 Å². The predicted molar refractivity (Wildman–Crippen MR) is 82.5 cm³/mol. The SMILES string of the molecule is O=S(=O)(Oc1cccc(-c2c(C(F)(F)F)cc(C(F)(F)F)cc2C(F)(F)F)c1)C(F)(F)F. The number of rotatable bonds is 3. The average molecular weight is 506 g/mol. The summed E-state index contributed by atoms with van der Waals surface area (Å²) in [6.45, 7) is 0. The van der Waals surface area contributed by atoms with E-state index in [9.17, 15) is 61.1 Å². The first kappa shape index (κ1) is 25.6. The second-order valence-corrected chi connectivity index (χ2v) is 7.49. The molecule has 0 aliphatic carbocycles. The second kappa shape index (κ2) is 7.74. The molecule has 0 atom stereocenters. The number of alkyl halides is 12. The average Bonchev–Trinajstić information content (AvgIpc) is 2.57. The highest BCUT2D eigenvalue weighted by atomic mass is 32.2. The first-order valence-electron chi connectivity index (χ1n) is 7.65. The summed E-state index contributed by atoms with van der Waals surface area (Å²) in [6.07, 6.45) is -17.2. The van der Waals surface area contributed by atoms with Crippen molar-refractivity contribution in [3.8, 4) is 16.9 Å². The number of benzene rings is 2. The molecule has 0 radical (unpaired) electrons. The van der Waals surface area contributed by atoms with E-state index >= 15 is 0 Å². The highest BCUT2D eigenvalue weighted by Crippen LogP contribution is 2.48. The van der Waals surface area contributed by atoms with E-state index in [1.807, 2.05) is 0 Å². The van der Waals surface area contributed by atoms with Crippen LogP contribution in [0.3, 0.4) is 0 Å². The van der Waals surface area contributed by atoms with Crippen molar-refractivity contribution >= 4 is 10.1 Å². The van der Waals surface area contributed by atoms with Gasteiger partial charge in [-0.25, -0.2) is 0 Å². The molecule has 2 aromatic carbocycles. The molecule has 0 heterocycles. The fourth-order valence-corrected chi connectivity index (χ4v) is 2.89. The molecule has 0 bridgehead atoms. The molecule has 178 valence electrons. The van der Waals surface area contributed by atoms with E-state index in [0.717, 1.165) is 0 Å². The van der Waals surface area contributed by atoms with Gasteiger partial charge in [0.15, 0.2) is 0 Å². The minimum atomic E-state index is -6.35. The van der Waals surface area contributed by atoms with Gasteiger partial charge < -0.3 is 4.18 Å². The van der Waals surface area contributed by atoms with E-state index < -0.39 is 79.9 Å². The van der Waals surface area contributed by atoms with E-state index in [1.165, 1.54) is 0 Å². The zero-order chi connectivity index (χ0) is 24.9. The lowest BCUT2D eigenvalue weighted by Gasteiger charge is -2.22. The molecule has 2 aromatic rings. The molecule has 0 unspecified atom stereocenters. The first-order valence-corrected chi connectivity index (χ1v) is 9.06. The highest BCUT2D eigenvalue weighted by Gasteiger charge is 2.49. The van der Waals surface area contributed by atoms with Crippen molar-refractivity contribution in [3.05, 3.63) is 53.1 Å². The van der Waals surface area contributed by atoms with Crippen LogP contribution in [0.15, 0.2) is 36.4 Å². The van der Waals surface area contributed by atoms with Gasteiger partial charge in [-0.1, -0.05) is 12.1 Å².